The van der Waals surface area contributed by atoms with Crippen molar-refractivity contribution in [2.24, 2.45) is 0 Å². The second-order valence-corrected chi connectivity index (χ2v) is 7.11. The molecule has 1 aromatic heterocycles. The molecule has 0 bridgehead atoms. The van der Waals surface area contributed by atoms with E-state index in [2.05, 4.69) is 9.89 Å². The third-order valence-corrected chi connectivity index (χ3v) is 4.93. The van der Waals surface area contributed by atoms with E-state index in [0.29, 0.717) is 11.4 Å². The third kappa shape index (κ3) is 3.10. The average molecular weight is 359 g/mol. The van der Waals surface area contributed by atoms with Crippen molar-refractivity contribution in [2.45, 2.75) is 38.9 Å². The summed E-state index contributed by atoms with van der Waals surface area (Å²) in [5.74, 6) is 0.0999. The van der Waals surface area contributed by atoms with Crippen LogP contribution in [0.25, 0.3) is 11.3 Å². The van der Waals surface area contributed by atoms with E-state index in [1.54, 1.807) is 7.11 Å². The van der Waals surface area contributed by atoms with Gasteiger partial charge in [-0.25, -0.2) is 4.79 Å². The van der Waals surface area contributed by atoms with Gasteiger partial charge in [-0.1, -0.05) is 5.16 Å². The first-order valence-corrected chi connectivity index (χ1v) is 8.27. The Morgan fingerprint density at radius 2 is 1.73 bits per heavy atom. The summed E-state index contributed by atoms with van der Waals surface area (Å²) in [7, 11) is 2.30. The van der Waals surface area contributed by atoms with Gasteiger partial charge < -0.3 is 23.3 Å². The molecule has 1 aliphatic heterocycles. The molecule has 8 heteroatoms. The molecule has 1 aliphatic rings. The van der Waals surface area contributed by atoms with E-state index in [4.69, 9.17) is 18.6 Å². The summed E-state index contributed by atoms with van der Waals surface area (Å²) in [6.07, 6.45) is 0. The van der Waals surface area contributed by atoms with Crippen molar-refractivity contribution in [1.82, 2.24) is 5.16 Å². The maximum atomic E-state index is 11.6. The summed E-state index contributed by atoms with van der Waals surface area (Å²) < 4.78 is 27.4. The lowest BCUT2D eigenvalue weighted by Gasteiger charge is -2.32. The number of aromatic nitrogens is 1. The van der Waals surface area contributed by atoms with Crippen molar-refractivity contribution >= 4 is 18.6 Å². The minimum absolute atomic E-state index is 0.0375. The fourth-order valence-electron chi connectivity index (χ4n) is 2.66. The molecule has 1 aromatic carbocycles. The number of esters is 1. The summed E-state index contributed by atoms with van der Waals surface area (Å²) in [4.78, 5) is 11.6. The highest BCUT2D eigenvalue weighted by Gasteiger charge is 2.52. The van der Waals surface area contributed by atoms with Crippen LogP contribution < -0.4 is 10.2 Å². The van der Waals surface area contributed by atoms with Gasteiger partial charge in [0.05, 0.1) is 25.4 Å². The van der Waals surface area contributed by atoms with Gasteiger partial charge in [0.1, 0.15) is 11.4 Å². The van der Waals surface area contributed by atoms with Crippen LogP contribution in [0.2, 0.25) is 0 Å². The first kappa shape index (κ1) is 18.5. The predicted molar refractivity (Wildman–Crippen MR) is 95.5 cm³/mol. The number of benzene rings is 1. The molecule has 3 rings (SSSR count). The third-order valence-electron chi connectivity index (χ3n) is 4.93. The monoisotopic (exact) mass is 359 g/mol. The number of nitrogens with zero attached hydrogens (tertiary/aromatic N) is 1. The Hall–Kier alpha value is -2.32. The molecule has 0 atom stereocenters. The van der Waals surface area contributed by atoms with Crippen LogP contribution in [0.5, 0.6) is 5.75 Å². The SMILES string of the molecule is COC(=O)c1cc(-c2ccc(OC)c(B3OC(C)(C)C(C)(C)O3)c2)no1. The fourth-order valence-corrected chi connectivity index (χ4v) is 2.66. The number of hydrogen-bond acceptors (Lipinski definition) is 7. The molecule has 0 saturated carbocycles. The van der Waals surface area contributed by atoms with Gasteiger partial charge in [0, 0.05) is 17.1 Å². The standard InChI is InChI=1S/C18H22BNO6/c1-17(2)18(3,4)26-19(25-17)12-9-11(7-8-14(12)22-5)13-10-15(24-20-13)16(21)23-6/h7-10H,1-6H3. The normalized spacial score (nSPS) is 18.0. The molecular weight excluding hydrogens is 337 g/mol. The predicted octanol–water partition coefficient (Wildman–Crippen LogP) is 2.44. The van der Waals surface area contributed by atoms with Gasteiger partial charge >= 0.3 is 13.1 Å². The Kier molecular flexibility index (Phi) is 4.58. The quantitative estimate of drug-likeness (QED) is 0.613. The van der Waals surface area contributed by atoms with Crippen LogP contribution in [0.1, 0.15) is 38.2 Å². The fraction of sp³-hybridized carbons (Fsp3) is 0.444. The van der Waals surface area contributed by atoms with Crippen molar-refractivity contribution in [2.75, 3.05) is 14.2 Å². The molecule has 0 radical (unpaired) electrons. The van der Waals surface area contributed by atoms with Gasteiger partial charge in [-0.15, -0.1) is 0 Å². The molecule has 138 valence electrons. The lowest BCUT2D eigenvalue weighted by atomic mass is 9.77. The summed E-state index contributed by atoms with van der Waals surface area (Å²) in [6.45, 7) is 7.96. The highest BCUT2D eigenvalue weighted by atomic mass is 16.7. The van der Waals surface area contributed by atoms with Crippen molar-refractivity contribution < 1.29 is 28.1 Å². The van der Waals surface area contributed by atoms with E-state index >= 15 is 0 Å². The largest absolute Gasteiger partial charge is 0.498 e. The number of ether oxygens (including phenoxy) is 2. The smallest absolute Gasteiger partial charge is 0.497 e. The summed E-state index contributed by atoms with van der Waals surface area (Å²) >= 11 is 0. The molecule has 26 heavy (non-hydrogen) atoms. The lowest BCUT2D eigenvalue weighted by Crippen LogP contribution is -2.41. The van der Waals surface area contributed by atoms with E-state index in [0.717, 1.165) is 11.0 Å². The molecular formula is C18H22BNO6. The van der Waals surface area contributed by atoms with Gasteiger partial charge in [-0.2, -0.15) is 0 Å². The summed E-state index contributed by atoms with van der Waals surface area (Å²) in [5, 5.41) is 3.94. The van der Waals surface area contributed by atoms with Gasteiger partial charge in [-0.05, 0) is 45.9 Å². The van der Waals surface area contributed by atoms with Crippen LogP contribution in [0.4, 0.5) is 0 Å². The zero-order valence-electron chi connectivity index (χ0n) is 15.8. The molecule has 0 amide bonds. The van der Waals surface area contributed by atoms with Gasteiger partial charge in [0.25, 0.3) is 0 Å². The van der Waals surface area contributed by atoms with Crippen LogP contribution in [-0.4, -0.2) is 43.7 Å². The number of hydrogen-bond donors (Lipinski definition) is 0. The zero-order valence-corrected chi connectivity index (χ0v) is 15.8. The van der Waals surface area contributed by atoms with Crippen LogP contribution in [0.3, 0.4) is 0 Å². The highest BCUT2D eigenvalue weighted by molar-refractivity contribution is 6.63. The van der Waals surface area contributed by atoms with Crippen LogP contribution in [0, 0.1) is 0 Å². The van der Waals surface area contributed by atoms with E-state index in [9.17, 15) is 4.79 Å². The number of carbonyl (C=O) groups excluding carboxylic acids is 1. The number of rotatable bonds is 4. The van der Waals surface area contributed by atoms with Crippen molar-refractivity contribution in [3.63, 3.8) is 0 Å². The van der Waals surface area contributed by atoms with Crippen molar-refractivity contribution in [3.05, 3.63) is 30.0 Å². The van der Waals surface area contributed by atoms with Gasteiger partial charge in [-0.3, -0.25) is 0 Å². The van der Waals surface area contributed by atoms with Crippen LogP contribution in [-0.2, 0) is 14.0 Å². The average Bonchev–Trinajstić information content (AvgIpc) is 3.16. The molecule has 0 unspecified atom stereocenters. The molecule has 2 heterocycles. The Balaban J connectivity index is 1.98. The van der Waals surface area contributed by atoms with Crippen molar-refractivity contribution in [3.8, 4) is 17.0 Å². The highest BCUT2D eigenvalue weighted by Crippen LogP contribution is 2.37. The zero-order chi connectivity index (χ0) is 19.1. The van der Waals surface area contributed by atoms with Crippen LogP contribution >= 0.6 is 0 Å². The minimum Gasteiger partial charge on any atom is -0.497 e. The first-order chi connectivity index (χ1) is 12.2. The Labute approximate surface area is 152 Å². The van der Waals surface area contributed by atoms with Gasteiger partial charge in [0.2, 0.25) is 5.76 Å². The van der Waals surface area contributed by atoms with Crippen molar-refractivity contribution in [1.29, 1.82) is 0 Å². The summed E-state index contributed by atoms with van der Waals surface area (Å²) in [6, 6.07) is 7.02. The Bertz CT molecular complexity index is 813. The number of carbonyl (C=O) groups is 1. The first-order valence-electron chi connectivity index (χ1n) is 8.27. The van der Waals surface area contributed by atoms with E-state index < -0.39 is 24.3 Å². The lowest BCUT2D eigenvalue weighted by molar-refractivity contribution is 0.00578. The number of methoxy groups -OCH3 is 2. The molecule has 1 saturated heterocycles. The topological polar surface area (TPSA) is 80.0 Å². The molecule has 0 N–H and O–H groups in total. The molecule has 2 aromatic rings. The molecule has 0 aliphatic carbocycles. The van der Waals surface area contributed by atoms with E-state index in [-0.39, 0.29) is 5.76 Å². The Morgan fingerprint density at radius 1 is 1.08 bits per heavy atom. The minimum atomic E-state index is -0.582. The maximum absolute atomic E-state index is 11.6. The summed E-state index contributed by atoms with van der Waals surface area (Å²) in [5.41, 5.74) is 1.06. The maximum Gasteiger partial charge on any atom is 0.498 e. The van der Waals surface area contributed by atoms with E-state index in [1.807, 2.05) is 45.9 Å². The molecule has 1 fully saturated rings. The van der Waals surface area contributed by atoms with Crippen LogP contribution in [0.15, 0.2) is 28.8 Å². The Morgan fingerprint density at radius 3 is 2.31 bits per heavy atom. The molecule has 0 spiro atoms. The van der Waals surface area contributed by atoms with E-state index in [1.165, 1.54) is 13.2 Å². The second-order valence-electron chi connectivity index (χ2n) is 7.11. The second kappa shape index (κ2) is 6.44. The molecule has 7 nitrogen and oxygen atoms in total. The van der Waals surface area contributed by atoms with Gasteiger partial charge in [0.15, 0.2) is 0 Å².